The number of thiazole rings is 1. The molecule has 10 heteroatoms. The molecule has 0 saturated carbocycles. The molecule has 3 heterocycles. The summed E-state index contributed by atoms with van der Waals surface area (Å²) in [6.45, 7) is 3.58. The summed E-state index contributed by atoms with van der Waals surface area (Å²) in [4.78, 5) is 23.9. The Morgan fingerprint density at radius 1 is 1.29 bits per heavy atom. The van der Waals surface area contributed by atoms with E-state index in [1.54, 1.807) is 17.4 Å². The maximum Gasteiger partial charge on any atom is 0.284 e. The molecular formula is C14H19IN6O2S. The lowest BCUT2D eigenvalue weighted by atomic mass is 10.3. The Morgan fingerprint density at radius 2 is 2.04 bits per heavy atom. The quantitative estimate of drug-likeness (QED) is 0.400. The number of aliphatic imine (C=N–C) groups is 1. The third kappa shape index (κ3) is 4.38. The van der Waals surface area contributed by atoms with Crippen LogP contribution in [0.4, 0.5) is 5.13 Å². The number of anilines is 1. The monoisotopic (exact) mass is 462 g/mol. The first-order valence-electron chi connectivity index (χ1n) is 7.21. The zero-order valence-corrected chi connectivity index (χ0v) is 16.1. The zero-order chi connectivity index (χ0) is 16.2. The number of aromatic nitrogens is 1. The number of primary amides is 1. The highest BCUT2D eigenvalue weighted by molar-refractivity contribution is 14.0. The molecule has 4 N–H and O–H groups in total. The summed E-state index contributed by atoms with van der Waals surface area (Å²) in [5, 5.41) is 3.01. The standard InChI is InChI=1S/C14H18N6O2S.HI/c15-12(21)11-2-1-10(22-11)9-18-13(16)19-4-6-20(7-5-19)14-17-3-8-23-14;/h1-3,8H,4-7,9H2,(H2,15,21)(H2,16,18);1H. The smallest absolute Gasteiger partial charge is 0.284 e. The van der Waals surface area contributed by atoms with Crippen LogP contribution in [-0.2, 0) is 6.54 Å². The second kappa shape index (κ2) is 8.33. The lowest BCUT2D eigenvalue weighted by molar-refractivity contribution is 0.0972. The van der Waals surface area contributed by atoms with Gasteiger partial charge in [0.15, 0.2) is 16.9 Å². The second-order valence-electron chi connectivity index (χ2n) is 5.09. The average molecular weight is 462 g/mol. The molecule has 3 rings (SSSR count). The van der Waals surface area contributed by atoms with Crippen LogP contribution in [0.5, 0.6) is 0 Å². The van der Waals surface area contributed by atoms with Crippen LogP contribution in [0.25, 0.3) is 0 Å². The average Bonchev–Trinajstić information content (AvgIpc) is 3.24. The predicted octanol–water partition coefficient (Wildman–Crippen LogP) is 1.09. The SMILES string of the molecule is I.NC(=O)c1ccc(CN=C(N)N2CCN(c3nccs3)CC2)o1. The summed E-state index contributed by atoms with van der Waals surface area (Å²) in [7, 11) is 0. The van der Waals surface area contributed by atoms with Gasteiger partial charge in [-0.15, -0.1) is 35.3 Å². The number of nitrogens with zero attached hydrogens (tertiary/aromatic N) is 4. The van der Waals surface area contributed by atoms with E-state index in [2.05, 4.69) is 14.9 Å². The molecule has 1 saturated heterocycles. The van der Waals surface area contributed by atoms with Gasteiger partial charge in [-0.2, -0.15) is 0 Å². The Morgan fingerprint density at radius 3 is 2.62 bits per heavy atom. The van der Waals surface area contributed by atoms with Gasteiger partial charge in [-0.25, -0.2) is 9.98 Å². The third-order valence-electron chi connectivity index (χ3n) is 3.59. The number of piperazine rings is 1. The van der Waals surface area contributed by atoms with Gasteiger partial charge in [-0.3, -0.25) is 4.79 Å². The number of halogens is 1. The highest BCUT2D eigenvalue weighted by Crippen LogP contribution is 2.18. The van der Waals surface area contributed by atoms with Crippen LogP contribution in [-0.4, -0.2) is 47.9 Å². The molecule has 0 spiro atoms. The van der Waals surface area contributed by atoms with E-state index in [0.717, 1.165) is 31.3 Å². The van der Waals surface area contributed by atoms with Gasteiger partial charge in [0.05, 0.1) is 0 Å². The highest BCUT2D eigenvalue weighted by atomic mass is 127. The molecule has 0 radical (unpaired) electrons. The van der Waals surface area contributed by atoms with E-state index in [-0.39, 0.29) is 36.3 Å². The molecule has 1 aliphatic rings. The number of amides is 1. The molecule has 8 nitrogen and oxygen atoms in total. The van der Waals surface area contributed by atoms with Crippen molar-refractivity contribution in [2.75, 3.05) is 31.1 Å². The number of carbonyl (C=O) groups excluding carboxylic acids is 1. The molecule has 2 aromatic heterocycles. The summed E-state index contributed by atoms with van der Waals surface area (Å²) in [5.74, 6) is 0.571. The van der Waals surface area contributed by atoms with E-state index < -0.39 is 5.91 Å². The fourth-order valence-electron chi connectivity index (χ4n) is 2.35. The summed E-state index contributed by atoms with van der Waals surface area (Å²) < 4.78 is 5.28. The lowest BCUT2D eigenvalue weighted by Gasteiger charge is -2.35. The predicted molar refractivity (Wildman–Crippen MR) is 104 cm³/mol. The zero-order valence-electron chi connectivity index (χ0n) is 12.9. The number of furan rings is 1. The van der Waals surface area contributed by atoms with Crippen molar-refractivity contribution in [2.45, 2.75) is 6.54 Å². The molecule has 0 aliphatic carbocycles. The Hall–Kier alpha value is -1.82. The minimum absolute atomic E-state index is 0. The molecule has 2 aromatic rings. The van der Waals surface area contributed by atoms with Crippen LogP contribution in [0.2, 0.25) is 0 Å². The second-order valence-corrected chi connectivity index (χ2v) is 5.97. The van der Waals surface area contributed by atoms with Crippen molar-refractivity contribution in [3.63, 3.8) is 0 Å². The Bertz CT molecular complexity index is 694. The highest BCUT2D eigenvalue weighted by Gasteiger charge is 2.19. The molecule has 130 valence electrons. The van der Waals surface area contributed by atoms with E-state index in [0.29, 0.717) is 11.7 Å². The van der Waals surface area contributed by atoms with Crippen LogP contribution >= 0.6 is 35.3 Å². The molecule has 1 aliphatic heterocycles. The number of carbonyl (C=O) groups is 1. The fourth-order valence-corrected chi connectivity index (χ4v) is 3.05. The van der Waals surface area contributed by atoms with Crippen molar-refractivity contribution >= 4 is 52.3 Å². The minimum atomic E-state index is -0.591. The first-order chi connectivity index (χ1) is 11.1. The van der Waals surface area contributed by atoms with Gasteiger partial charge in [0.2, 0.25) is 0 Å². The Kier molecular flexibility index (Phi) is 6.43. The van der Waals surface area contributed by atoms with E-state index in [9.17, 15) is 4.79 Å². The third-order valence-corrected chi connectivity index (χ3v) is 4.43. The number of guanidine groups is 1. The van der Waals surface area contributed by atoms with Gasteiger partial charge in [0.25, 0.3) is 5.91 Å². The first kappa shape index (κ1) is 18.5. The normalized spacial score (nSPS) is 15.2. The Balaban J connectivity index is 0.00000208. The molecule has 0 bridgehead atoms. The van der Waals surface area contributed by atoms with E-state index in [4.69, 9.17) is 15.9 Å². The lowest BCUT2D eigenvalue weighted by Crippen LogP contribution is -2.51. The van der Waals surface area contributed by atoms with Gasteiger partial charge in [-0.05, 0) is 12.1 Å². The van der Waals surface area contributed by atoms with Gasteiger partial charge in [-0.1, -0.05) is 0 Å². The molecular weight excluding hydrogens is 443 g/mol. The summed E-state index contributed by atoms with van der Waals surface area (Å²) >= 11 is 1.64. The Labute approximate surface area is 160 Å². The van der Waals surface area contributed by atoms with Crippen LogP contribution in [0.1, 0.15) is 16.3 Å². The van der Waals surface area contributed by atoms with Crippen molar-refractivity contribution in [3.8, 4) is 0 Å². The van der Waals surface area contributed by atoms with Crippen LogP contribution in [0, 0.1) is 0 Å². The van der Waals surface area contributed by atoms with Crippen LogP contribution < -0.4 is 16.4 Å². The van der Waals surface area contributed by atoms with Crippen molar-refractivity contribution in [1.82, 2.24) is 9.88 Å². The molecule has 1 amide bonds. The summed E-state index contributed by atoms with van der Waals surface area (Å²) in [6, 6.07) is 3.22. The van der Waals surface area contributed by atoms with Gasteiger partial charge in [0.1, 0.15) is 12.3 Å². The van der Waals surface area contributed by atoms with Crippen LogP contribution in [0.15, 0.2) is 33.1 Å². The number of nitrogens with two attached hydrogens (primary N) is 2. The largest absolute Gasteiger partial charge is 0.454 e. The number of hydrogen-bond acceptors (Lipinski definition) is 6. The van der Waals surface area contributed by atoms with Crippen molar-refractivity contribution in [2.24, 2.45) is 16.5 Å². The molecule has 0 unspecified atom stereocenters. The fraction of sp³-hybridized carbons (Fsp3) is 0.357. The van der Waals surface area contributed by atoms with E-state index in [1.165, 1.54) is 6.07 Å². The number of rotatable bonds is 4. The van der Waals surface area contributed by atoms with Crippen LogP contribution in [0.3, 0.4) is 0 Å². The minimum Gasteiger partial charge on any atom is -0.454 e. The maximum atomic E-state index is 11.0. The van der Waals surface area contributed by atoms with Gasteiger partial charge >= 0.3 is 0 Å². The van der Waals surface area contributed by atoms with Gasteiger partial charge < -0.3 is 25.7 Å². The molecule has 0 atom stereocenters. The van der Waals surface area contributed by atoms with Crippen molar-refractivity contribution < 1.29 is 9.21 Å². The summed E-state index contributed by atoms with van der Waals surface area (Å²) in [5.41, 5.74) is 11.2. The molecule has 0 aromatic carbocycles. The topological polar surface area (TPSA) is 114 Å². The maximum absolute atomic E-state index is 11.0. The van der Waals surface area contributed by atoms with Crippen molar-refractivity contribution in [1.29, 1.82) is 0 Å². The first-order valence-corrected chi connectivity index (χ1v) is 8.09. The molecule has 24 heavy (non-hydrogen) atoms. The number of hydrogen-bond donors (Lipinski definition) is 2. The summed E-state index contributed by atoms with van der Waals surface area (Å²) in [6.07, 6.45) is 1.81. The van der Waals surface area contributed by atoms with E-state index in [1.807, 2.05) is 16.5 Å². The van der Waals surface area contributed by atoms with E-state index >= 15 is 0 Å². The van der Waals surface area contributed by atoms with Crippen molar-refractivity contribution in [3.05, 3.63) is 35.2 Å². The molecule has 1 fully saturated rings. The van der Waals surface area contributed by atoms with Gasteiger partial charge in [0, 0.05) is 37.8 Å².